The number of fused-ring (bicyclic) bond motifs is 2. The van der Waals surface area contributed by atoms with Crippen LogP contribution in [0.5, 0.6) is 11.5 Å². The molecular formula is C21H21N3O3S. The minimum atomic E-state index is -0.239. The molecule has 3 heterocycles. The zero-order valence-electron chi connectivity index (χ0n) is 15.9. The van der Waals surface area contributed by atoms with E-state index >= 15 is 0 Å². The first-order valence-corrected chi connectivity index (χ1v) is 10.4. The highest BCUT2D eigenvalue weighted by Gasteiger charge is 2.32. The van der Waals surface area contributed by atoms with Crippen LogP contribution in [0.4, 0.5) is 5.69 Å². The summed E-state index contributed by atoms with van der Waals surface area (Å²) < 4.78 is 7.99. The molecule has 1 saturated heterocycles. The highest BCUT2D eigenvalue weighted by Crippen LogP contribution is 2.47. The summed E-state index contributed by atoms with van der Waals surface area (Å²) in [5.41, 5.74) is 1.55. The molecule has 6 nitrogen and oxygen atoms in total. The Balaban J connectivity index is 1.91. The van der Waals surface area contributed by atoms with Crippen molar-refractivity contribution >= 4 is 38.1 Å². The van der Waals surface area contributed by atoms with E-state index in [9.17, 15) is 15.2 Å². The van der Waals surface area contributed by atoms with E-state index in [1.165, 1.54) is 11.3 Å². The number of methoxy groups -OCH3 is 1. The number of benzene rings is 1. The quantitative estimate of drug-likeness (QED) is 0.726. The molecular weight excluding hydrogens is 374 g/mol. The maximum absolute atomic E-state index is 13.2. The van der Waals surface area contributed by atoms with Gasteiger partial charge >= 0.3 is 0 Å². The summed E-state index contributed by atoms with van der Waals surface area (Å²) in [6.07, 6.45) is 3.17. The maximum atomic E-state index is 13.2. The molecule has 1 N–H and O–H groups in total. The number of anilines is 1. The van der Waals surface area contributed by atoms with Gasteiger partial charge in [0.2, 0.25) is 5.43 Å². The number of hydrogen-bond acceptors (Lipinski definition) is 6. The fourth-order valence-electron chi connectivity index (χ4n) is 4.37. The Morgan fingerprint density at radius 2 is 2.11 bits per heavy atom. The van der Waals surface area contributed by atoms with Crippen molar-refractivity contribution in [3.05, 3.63) is 27.2 Å². The molecule has 2 aromatic heterocycles. The molecule has 1 saturated carbocycles. The van der Waals surface area contributed by atoms with Crippen LogP contribution in [-0.4, -0.2) is 29.9 Å². The maximum Gasteiger partial charge on any atom is 0.202 e. The first-order valence-electron chi connectivity index (χ1n) is 9.60. The molecule has 0 spiro atoms. The van der Waals surface area contributed by atoms with Gasteiger partial charge in [-0.2, -0.15) is 5.26 Å². The first-order chi connectivity index (χ1) is 13.5. The molecule has 1 unspecified atom stereocenters. The zero-order valence-corrected chi connectivity index (χ0v) is 16.7. The van der Waals surface area contributed by atoms with E-state index < -0.39 is 0 Å². The van der Waals surface area contributed by atoms with E-state index in [4.69, 9.17) is 4.74 Å². The number of hydrogen-bond donors (Lipinski definition) is 1. The third-order valence-electron chi connectivity index (χ3n) is 5.89. The third-order valence-corrected chi connectivity index (χ3v) is 6.97. The second-order valence-electron chi connectivity index (χ2n) is 7.86. The Morgan fingerprint density at radius 3 is 2.71 bits per heavy atom. The number of aromatic hydroxyl groups is 1. The van der Waals surface area contributed by atoms with Crippen LogP contribution in [0.25, 0.3) is 21.1 Å². The fraction of sp³-hybridized carbons (Fsp3) is 0.429. The predicted molar refractivity (Wildman–Crippen MR) is 111 cm³/mol. The molecule has 1 aromatic carbocycles. The molecule has 1 aliphatic carbocycles. The fourth-order valence-corrected chi connectivity index (χ4v) is 5.43. The van der Waals surface area contributed by atoms with Crippen LogP contribution >= 0.6 is 11.3 Å². The van der Waals surface area contributed by atoms with E-state index in [0.717, 1.165) is 43.6 Å². The SMILES string of the molecule is COc1c(N2CCC(C)C2)ccc2c(=O)c3c(O)c(C#N)sc3n(C3CC3)c12. The molecule has 5 rings (SSSR count). The van der Waals surface area contributed by atoms with Gasteiger partial charge in [-0.1, -0.05) is 6.92 Å². The van der Waals surface area contributed by atoms with E-state index in [1.54, 1.807) is 7.11 Å². The zero-order chi connectivity index (χ0) is 19.6. The lowest BCUT2D eigenvalue weighted by Crippen LogP contribution is -2.21. The van der Waals surface area contributed by atoms with Crippen molar-refractivity contribution < 1.29 is 9.84 Å². The van der Waals surface area contributed by atoms with Gasteiger partial charge in [-0.3, -0.25) is 4.79 Å². The molecule has 2 aliphatic rings. The molecule has 7 heteroatoms. The summed E-state index contributed by atoms with van der Waals surface area (Å²) in [6, 6.07) is 6.08. The lowest BCUT2D eigenvalue weighted by atomic mass is 10.1. The van der Waals surface area contributed by atoms with Crippen molar-refractivity contribution in [3.8, 4) is 17.6 Å². The number of nitrogens with zero attached hydrogens (tertiary/aromatic N) is 3. The number of aromatic nitrogens is 1. The predicted octanol–water partition coefficient (Wildman–Crippen LogP) is 3.98. The van der Waals surface area contributed by atoms with Gasteiger partial charge in [0, 0.05) is 19.1 Å². The summed E-state index contributed by atoms with van der Waals surface area (Å²) in [5, 5.41) is 20.6. The van der Waals surface area contributed by atoms with Crippen LogP contribution < -0.4 is 15.1 Å². The Morgan fingerprint density at radius 1 is 1.32 bits per heavy atom. The van der Waals surface area contributed by atoms with Crippen LogP contribution in [0.15, 0.2) is 16.9 Å². The van der Waals surface area contributed by atoms with Crippen molar-refractivity contribution in [2.75, 3.05) is 25.1 Å². The van der Waals surface area contributed by atoms with Crippen LogP contribution in [0.2, 0.25) is 0 Å². The van der Waals surface area contributed by atoms with Gasteiger partial charge in [0.15, 0.2) is 11.5 Å². The summed E-state index contributed by atoms with van der Waals surface area (Å²) >= 11 is 1.19. The van der Waals surface area contributed by atoms with Gasteiger partial charge in [0.05, 0.1) is 23.7 Å². The van der Waals surface area contributed by atoms with Gasteiger partial charge < -0.3 is 19.3 Å². The highest BCUT2D eigenvalue weighted by atomic mass is 32.1. The van der Waals surface area contributed by atoms with E-state index in [2.05, 4.69) is 16.4 Å². The second kappa shape index (κ2) is 6.14. The van der Waals surface area contributed by atoms with Gasteiger partial charge in [0.1, 0.15) is 21.2 Å². The number of ether oxygens (including phenoxy) is 1. The molecule has 2 fully saturated rings. The molecule has 0 amide bonds. The number of thiophene rings is 1. The first kappa shape index (κ1) is 17.4. The van der Waals surface area contributed by atoms with E-state index in [1.807, 2.05) is 18.2 Å². The van der Waals surface area contributed by atoms with Gasteiger partial charge in [-0.15, -0.1) is 11.3 Å². The standard InChI is InChI=1S/C21H21N3O3S/c1-11-7-8-23(10-11)14-6-5-13-17(20(14)27-2)24(12-3-4-12)21-16(18(13)25)19(26)15(9-22)28-21/h5-6,11-12,26H,3-4,7-8,10H2,1-2H3. The molecule has 144 valence electrons. The molecule has 1 atom stereocenters. The number of nitriles is 1. The lowest BCUT2D eigenvalue weighted by Gasteiger charge is -2.24. The Kier molecular flexibility index (Phi) is 3.81. The monoisotopic (exact) mass is 395 g/mol. The molecule has 3 aromatic rings. The average Bonchev–Trinajstić information content (AvgIpc) is 3.35. The Hall–Kier alpha value is -2.72. The Labute approximate surface area is 166 Å². The largest absolute Gasteiger partial charge is 0.505 e. The van der Waals surface area contributed by atoms with Crippen LogP contribution in [0, 0.1) is 17.2 Å². The minimum Gasteiger partial charge on any atom is -0.505 e. The third kappa shape index (κ3) is 2.34. The molecule has 0 radical (unpaired) electrons. The lowest BCUT2D eigenvalue weighted by molar-refractivity contribution is 0.417. The van der Waals surface area contributed by atoms with Crippen molar-refractivity contribution in [1.82, 2.24) is 4.57 Å². The van der Waals surface area contributed by atoms with Gasteiger partial charge in [0.25, 0.3) is 0 Å². The summed E-state index contributed by atoms with van der Waals surface area (Å²) in [5.74, 6) is 1.14. The molecule has 0 bridgehead atoms. The summed E-state index contributed by atoms with van der Waals surface area (Å²) in [4.78, 5) is 16.4. The smallest absolute Gasteiger partial charge is 0.202 e. The van der Waals surface area contributed by atoms with Crippen molar-refractivity contribution in [3.63, 3.8) is 0 Å². The van der Waals surface area contributed by atoms with E-state index in [0.29, 0.717) is 21.9 Å². The second-order valence-corrected chi connectivity index (χ2v) is 8.86. The minimum absolute atomic E-state index is 0.185. The molecule has 1 aliphatic heterocycles. The van der Waals surface area contributed by atoms with Crippen LogP contribution in [0.3, 0.4) is 0 Å². The van der Waals surface area contributed by atoms with Crippen molar-refractivity contribution in [1.29, 1.82) is 5.26 Å². The van der Waals surface area contributed by atoms with Crippen molar-refractivity contribution in [2.24, 2.45) is 5.92 Å². The Bertz CT molecular complexity index is 1220. The molecule has 28 heavy (non-hydrogen) atoms. The summed E-state index contributed by atoms with van der Waals surface area (Å²) in [7, 11) is 1.65. The number of rotatable bonds is 3. The summed E-state index contributed by atoms with van der Waals surface area (Å²) in [6.45, 7) is 4.18. The van der Waals surface area contributed by atoms with Crippen LogP contribution in [-0.2, 0) is 0 Å². The van der Waals surface area contributed by atoms with E-state index in [-0.39, 0.29) is 27.5 Å². The normalized spacial score (nSPS) is 19.5. The average molecular weight is 395 g/mol. The number of pyridine rings is 1. The topological polar surface area (TPSA) is 78.5 Å². The van der Waals surface area contributed by atoms with Crippen LogP contribution in [0.1, 0.15) is 37.1 Å². The van der Waals surface area contributed by atoms with Gasteiger partial charge in [-0.05, 0) is 37.3 Å². The highest BCUT2D eigenvalue weighted by molar-refractivity contribution is 7.19. The van der Waals surface area contributed by atoms with Gasteiger partial charge in [-0.25, -0.2) is 0 Å². The van der Waals surface area contributed by atoms with Crippen molar-refractivity contribution in [2.45, 2.75) is 32.2 Å².